The smallest absolute Gasteiger partial charge is 0.298 e. The fourth-order valence-electron chi connectivity index (χ4n) is 1.54. The Balaban J connectivity index is 2.40. The number of aliphatic carboxylic acids is 1. The van der Waals surface area contributed by atoms with Gasteiger partial charge in [-0.1, -0.05) is 23.5 Å². The van der Waals surface area contributed by atoms with Crippen molar-refractivity contribution in [3.63, 3.8) is 0 Å². The van der Waals surface area contributed by atoms with Gasteiger partial charge in [-0.2, -0.15) is 4.57 Å². The first kappa shape index (κ1) is 11.4. The molecule has 0 saturated heterocycles. The molecule has 1 aromatic heterocycles. The SMILES string of the molecule is CC[n+]1c(SCC(=O)[O-])sc2ccccc21. The van der Waals surface area contributed by atoms with Crippen molar-refractivity contribution in [3.05, 3.63) is 24.3 Å². The van der Waals surface area contributed by atoms with Crippen LogP contribution in [0.25, 0.3) is 10.2 Å². The molecule has 1 aromatic carbocycles. The van der Waals surface area contributed by atoms with Crippen molar-refractivity contribution in [1.29, 1.82) is 0 Å². The molecule has 84 valence electrons. The van der Waals surface area contributed by atoms with E-state index in [0.717, 1.165) is 16.4 Å². The predicted molar refractivity (Wildman–Crippen MR) is 63.4 cm³/mol. The molecule has 2 aromatic rings. The van der Waals surface area contributed by atoms with Gasteiger partial charge in [-0.25, -0.2) is 0 Å². The third-order valence-corrected chi connectivity index (χ3v) is 4.61. The van der Waals surface area contributed by atoms with Gasteiger partial charge in [0.2, 0.25) is 5.52 Å². The maximum atomic E-state index is 10.5. The van der Waals surface area contributed by atoms with E-state index in [0.29, 0.717) is 0 Å². The van der Waals surface area contributed by atoms with Crippen molar-refractivity contribution in [2.24, 2.45) is 0 Å². The summed E-state index contributed by atoms with van der Waals surface area (Å²) in [6.45, 7) is 2.90. The van der Waals surface area contributed by atoms with Gasteiger partial charge in [0.1, 0.15) is 11.2 Å². The first-order valence-corrected chi connectivity index (χ1v) is 6.76. The highest BCUT2D eigenvalue weighted by atomic mass is 32.2. The summed E-state index contributed by atoms with van der Waals surface area (Å²) in [5.41, 5.74) is 1.16. The molecular formula is C11H11NO2S2. The van der Waals surface area contributed by atoms with Gasteiger partial charge in [-0.3, -0.25) is 0 Å². The molecular weight excluding hydrogens is 242 g/mol. The minimum Gasteiger partial charge on any atom is -0.549 e. The van der Waals surface area contributed by atoms with Gasteiger partial charge in [-0.15, -0.1) is 0 Å². The number of thiazole rings is 1. The minimum absolute atomic E-state index is 0.00677. The molecule has 1 heterocycles. The lowest BCUT2D eigenvalue weighted by molar-refractivity contribution is -0.698. The molecule has 0 N–H and O–H groups in total. The highest BCUT2D eigenvalue weighted by molar-refractivity contribution is 8.01. The Labute approximate surface area is 102 Å². The highest BCUT2D eigenvalue weighted by Gasteiger charge is 2.18. The maximum absolute atomic E-state index is 10.5. The van der Waals surface area contributed by atoms with Gasteiger partial charge >= 0.3 is 0 Å². The van der Waals surface area contributed by atoms with Crippen molar-refractivity contribution in [3.8, 4) is 0 Å². The number of rotatable bonds is 4. The van der Waals surface area contributed by atoms with E-state index < -0.39 is 5.97 Å². The average molecular weight is 253 g/mol. The van der Waals surface area contributed by atoms with Gasteiger partial charge in [0.15, 0.2) is 0 Å². The van der Waals surface area contributed by atoms with E-state index in [9.17, 15) is 9.90 Å². The molecule has 0 amide bonds. The number of aryl methyl sites for hydroxylation is 1. The molecule has 0 bridgehead atoms. The fraction of sp³-hybridized carbons (Fsp3) is 0.273. The summed E-state index contributed by atoms with van der Waals surface area (Å²) in [5, 5.41) is 10.5. The Kier molecular flexibility index (Phi) is 3.46. The van der Waals surface area contributed by atoms with E-state index in [1.165, 1.54) is 16.5 Å². The summed E-state index contributed by atoms with van der Waals surface area (Å²) in [6, 6.07) is 8.09. The quantitative estimate of drug-likeness (QED) is 0.604. The van der Waals surface area contributed by atoms with Crippen LogP contribution < -0.4 is 9.67 Å². The summed E-state index contributed by atoms with van der Waals surface area (Å²) < 4.78 is 4.34. The van der Waals surface area contributed by atoms with Crippen LogP contribution in [0.3, 0.4) is 0 Å². The molecule has 0 saturated carbocycles. The lowest BCUT2D eigenvalue weighted by Crippen LogP contribution is -2.33. The normalized spacial score (nSPS) is 10.8. The van der Waals surface area contributed by atoms with Crippen LogP contribution in [0.4, 0.5) is 0 Å². The van der Waals surface area contributed by atoms with Crippen LogP contribution in [0, 0.1) is 0 Å². The average Bonchev–Trinajstić information content (AvgIpc) is 2.63. The van der Waals surface area contributed by atoms with Crippen molar-refractivity contribution < 1.29 is 14.5 Å². The van der Waals surface area contributed by atoms with E-state index in [2.05, 4.69) is 23.6 Å². The summed E-state index contributed by atoms with van der Waals surface area (Å²) >= 11 is 2.95. The zero-order valence-corrected chi connectivity index (χ0v) is 10.4. The van der Waals surface area contributed by atoms with Crippen LogP contribution in [0.5, 0.6) is 0 Å². The van der Waals surface area contributed by atoms with E-state index in [4.69, 9.17) is 0 Å². The van der Waals surface area contributed by atoms with Crippen molar-refractivity contribution in [2.45, 2.75) is 17.8 Å². The second-order valence-corrected chi connectivity index (χ2v) is 5.49. The molecule has 0 unspecified atom stereocenters. The largest absolute Gasteiger partial charge is 0.549 e. The molecule has 0 radical (unpaired) electrons. The van der Waals surface area contributed by atoms with Crippen molar-refractivity contribution in [1.82, 2.24) is 0 Å². The molecule has 0 aliphatic carbocycles. The lowest BCUT2D eigenvalue weighted by Gasteiger charge is -1.97. The van der Waals surface area contributed by atoms with E-state index in [1.807, 2.05) is 12.1 Å². The Morgan fingerprint density at radius 2 is 2.25 bits per heavy atom. The molecule has 0 fully saturated rings. The van der Waals surface area contributed by atoms with Crippen LogP contribution >= 0.6 is 23.1 Å². The zero-order chi connectivity index (χ0) is 11.5. The van der Waals surface area contributed by atoms with Gasteiger partial charge in [-0.05, 0) is 24.8 Å². The van der Waals surface area contributed by atoms with Crippen molar-refractivity contribution in [2.75, 3.05) is 5.75 Å². The number of aromatic nitrogens is 1. The Bertz CT molecular complexity index is 522. The molecule has 0 aliphatic heterocycles. The van der Waals surface area contributed by atoms with E-state index in [1.54, 1.807) is 11.3 Å². The molecule has 16 heavy (non-hydrogen) atoms. The van der Waals surface area contributed by atoms with Crippen LogP contribution in [-0.2, 0) is 11.3 Å². The summed E-state index contributed by atoms with van der Waals surface area (Å²) in [7, 11) is 0. The number of carboxylic acids is 1. The number of hydrogen-bond donors (Lipinski definition) is 0. The number of para-hydroxylation sites is 1. The predicted octanol–water partition coefficient (Wildman–Crippen LogP) is 1.05. The first-order chi connectivity index (χ1) is 7.72. The molecule has 0 aliphatic rings. The monoisotopic (exact) mass is 253 g/mol. The number of carbonyl (C=O) groups is 1. The Morgan fingerprint density at radius 1 is 1.50 bits per heavy atom. The Morgan fingerprint density at radius 3 is 2.94 bits per heavy atom. The summed E-state index contributed by atoms with van der Waals surface area (Å²) in [4.78, 5) is 10.5. The number of thioether (sulfide) groups is 1. The second kappa shape index (κ2) is 4.84. The number of benzene rings is 1. The van der Waals surface area contributed by atoms with E-state index in [-0.39, 0.29) is 5.75 Å². The Hall–Kier alpha value is -1.07. The van der Waals surface area contributed by atoms with Crippen LogP contribution in [0.1, 0.15) is 6.92 Å². The summed E-state index contributed by atoms with van der Waals surface area (Å²) in [5.74, 6) is -1.02. The third kappa shape index (κ3) is 2.20. The topological polar surface area (TPSA) is 44.0 Å². The van der Waals surface area contributed by atoms with Gasteiger partial charge in [0.25, 0.3) is 4.34 Å². The van der Waals surface area contributed by atoms with Gasteiger partial charge in [0, 0.05) is 11.8 Å². The highest BCUT2D eigenvalue weighted by Crippen LogP contribution is 2.27. The number of carbonyl (C=O) groups excluding carboxylic acids is 1. The van der Waals surface area contributed by atoms with Crippen LogP contribution in [0.2, 0.25) is 0 Å². The minimum atomic E-state index is -1.02. The summed E-state index contributed by atoms with van der Waals surface area (Å²) in [6.07, 6.45) is 0. The molecule has 0 spiro atoms. The van der Waals surface area contributed by atoms with Gasteiger partial charge < -0.3 is 9.90 Å². The molecule has 0 atom stereocenters. The molecule has 3 nitrogen and oxygen atoms in total. The third-order valence-electron chi connectivity index (χ3n) is 2.20. The second-order valence-electron chi connectivity index (χ2n) is 3.24. The molecule has 5 heteroatoms. The standard InChI is InChI=1S/C11H11NO2S2/c1-2-12-8-5-3-4-6-9(8)16-11(12)15-7-10(13)14/h3-6H,2,7H2,1H3. The van der Waals surface area contributed by atoms with Gasteiger partial charge in [0.05, 0.1) is 5.97 Å². The molecule has 2 rings (SSSR count). The van der Waals surface area contributed by atoms with Crippen LogP contribution in [0.15, 0.2) is 28.6 Å². The number of carboxylic acid groups (broad SMARTS) is 1. The number of hydrogen-bond acceptors (Lipinski definition) is 4. The zero-order valence-electron chi connectivity index (χ0n) is 8.80. The maximum Gasteiger partial charge on any atom is 0.298 e. The number of fused-ring (bicyclic) bond motifs is 1. The lowest BCUT2D eigenvalue weighted by atomic mass is 10.3. The number of nitrogens with zero attached hydrogens (tertiary/aromatic N) is 1. The fourth-order valence-corrected chi connectivity index (χ4v) is 3.80. The van der Waals surface area contributed by atoms with Crippen molar-refractivity contribution >= 4 is 39.3 Å². The van der Waals surface area contributed by atoms with Crippen LogP contribution in [-0.4, -0.2) is 11.7 Å². The first-order valence-electron chi connectivity index (χ1n) is 4.96. The van der Waals surface area contributed by atoms with E-state index >= 15 is 0 Å².